The first kappa shape index (κ1) is 17.5. The van der Waals surface area contributed by atoms with Crippen molar-refractivity contribution >= 4 is 45.8 Å². The van der Waals surface area contributed by atoms with E-state index in [0.29, 0.717) is 27.7 Å². The number of aromatic carboxylic acids is 1. The van der Waals surface area contributed by atoms with Gasteiger partial charge in [0.15, 0.2) is 5.69 Å². The summed E-state index contributed by atoms with van der Waals surface area (Å²) in [5, 5.41) is 11.7. The zero-order valence-electron chi connectivity index (χ0n) is 13.8. The molecule has 0 bridgehead atoms. The molecule has 0 radical (unpaired) electrons. The van der Waals surface area contributed by atoms with Crippen LogP contribution in [0.5, 0.6) is 0 Å². The van der Waals surface area contributed by atoms with Gasteiger partial charge in [0.2, 0.25) is 0 Å². The highest BCUT2D eigenvalue weighted by atomic mass is 35.5. The third-order valence-electron chi connectivity index (χ3n) is 4.00. The van der Waals surface area contributed by atoms with E-state index in [1.165, 1.54) is 0 Å². The second-order valence-corrected chi connectivity index (χ2v) is 6.76. The SMILES string of the molecule is CN(C)c1c(C(=O)O)nc2ccc(Cl)cc2c1Cc1ccccc1Cl. The van der Waals surface area contributed by atoms with Crippen LogP contribution in [0, 0.1) is 0 Å². The summed E-state index contributed by atoms with van der Waals surface area (Å²) < 4.78 is 0. The molecule has 1 N–H and O–H groups in total. The second-order valence-electron chi connectivity index (χ2n) is 5.92. The molecule has 0 spiro atoms. The number of hydrogen-bond donors (Lipinski definition) is 1. The van der Waals surface area contributed by atoms with Crippen molar-refractivity contribution in [1.82, 2.24) is 4.98 Å². The third-order valence-corrected chi connectivity index (χ3v) is 4.60. The number of pyridine rings is 1. The van der Waals surface area contributed by atoms with E-state index in [-0.39, 0.29) is 5.69 Å². The maximum Gasteiger partial charge on any atom is 0.356 e. The van der Waals surface area contributed by atoms with E-state index in [0.717, 1.165) is 16.5 Å². The highest BCUT2D eigenvalue weighted by Gasteiger charge is 2.22. The van der Waals surface area contributed by atoms with E-state index < -0.39 is 5.97 Å². The van der Waals surface area contributed by atoms with Crippen LogP contribution in [0.1, 0.15) is 21.6 Å². The van der Waals surface area contributed by atoms with E-state index in [1.54, 1.807) is 31.1 Å². The number of nitrogens with zero attached hydrogens (tertiary/aromatic N) is 2. The molecule has 3 rings (SSSR count). The lowest BCUT2D eigenvalue weighted by Gasteiger charge is -2.22. The van der Waals surface area contributed by atoms with E-state index in [2.05, 4.69) is 4.98 Å². The van der Waals surface area contributed by atoms with Gasteiger partial charge in [-0.25, -0.2) is 9.78 Å². The van der Waals surface area contributed by atoms with Crippen molar-refractivity contribution in [2.24, 2.45) is 0 Å². The Labute approximate surface area is 155 Å². The van der Waals surface area contributed by atoms with Crippen molar-refractivity contribution in [3.63, 3.8) is 0 Å². The highest BCUT2D eigenvalue weighted by Crippen LogP contribution is 2.34. The minimum Gasteiger partial charge on any atom is -0.476 e. The number of aromatic nitrogens is 1. The van der Waals surface area contributed by atoms with Gasteiger partial charge in [-0.05, 0) is 35.4 Å². The van der Waals surface area contributed by atoms with E-state index in [1.807, 2.05) is 30.3 Å². The number of rotatable bonds is 4. The average Bonchev–Trinajstić information content (AvgIpc) is 2.56. The molecule has 0 amide bonds. The molecule has 4 nitrogen and oxygen atoms in total. The molecule has 0 aliphatic heterocycles. The molecule has 0 saturated carbocycles. The first-order valence-electron chi connectivity index (χ1n) is 7.64. The summed E-state index contributed by atoms with van der Waals surface area (Å²) in [6.45, 7) is 0. The number of halogens is 2. The molecule has 0 aliphatic carbocycles. The van der Waals surface area contributed by atoms with Crippen LogP contribution in [0.2, 0.25) is 10.0 Å². The third kappa shape index (κ3) is 3.41. The molecule has 1 heterocycles. The molecule has 6 heteroatoms. The molecule has 0 atom stereocenters. The van der Waals surface area contributed by atoms with Crippen molar-refractivity contribution in [3.8, 4) is 0 Å². The van der Waals surface area contributed by atoms with Crippen LogP contribution in [-0.4, -0.2) is 30.2 Å². The Kier molecular flexibility index (Phi) is 4.84. The minimum atomic E-state index is -1.07. The zero-order chi connectivity index (χ0) is 18.1. The van der Waals surface area contributed by atoms with Crippen molar-refractivity contribution in [1.29, 1.82) is 0 Å². The van der Waals surface area contributed by atoms with Gasteiger partial charge in [0.05, 0.1) is 11.2 Å². The summed E-state index contributed by atoms with van der Waals surface area (Å²) >= 11 is 12.5. The lowest BCUT2D eigenvalue weighted by Crippen LogP contribution is -2.18. The van der Waals surface area contributed by atoms with Crippen LogP contribution in [-0.2, 0) is 6.42 Å². The van der Waals surface area contributed by atoms with Gasteiger partial charge in [-0.3, -0.25) is 0 Å². The molecular weight excluding hydrogens is 359 g/mol. The molecule has 1 aromatic heterocycles. The lowest BCUT2D eigenvalue weighted by molar-refractivity contribution is 0.0691. The fourth-order valence-electron chi connectivity index (χ4n) is 2.93. The van der Waals surface area contributed by atoms with E-state index >= 15 is 0 Å². The number of fused-ring (bicyclic) bond motifs is 1. The fraction of sp³-hybridized carbons (Fsp3) is 0.158. The Morgan fingerprint density at radius 3 is 2.52 bits per heavy atom. The minimum absolute atomic E-state index is 0.0156. The zero-order valence-corrected chi connectivity index (χ0v) is 15.3. The lowest BCUT2D eigenvalue weighted by atomic mass is 9.97. The maximum atomic E-state index is 11.8. The summed E-state index contributed by atoms with van der Waals surface area (Å²) in [4.78, 5) is 17.9. The maximum absolute atomic E-state index is 11.8. The topological polar surface area (TPSA) is 53.4 Å². The Hall–Kier alpha value is -2.30. The van der Waals surface area contributed by atoms with Crippen molar-refractivity contribution in [2.45, 2.75) is 6.42 Å². The molecule has 0 saturated heterocycles. The molecule has 2 aromatic carbocycles. The average molecular weight is 375 g/mol. The van der Waals surface area contributed by atoms with Crippen LogP contribution in [0.25, 0.3) is 10.9 Å². The standard InChI is InChI=1S/C19H16Cl2N2O2/c1-23(2)18-14(9-11-5-3-4-6-15(11)21)13-10-12(20)7-8-16(13)22-17(18)19(24)25/h3-8,10H,9H2,1-2H3,(H,24,25). The smallest absolute Gasteiger partial charge is 0.356 e. The number of carbonyl (C=O) groups is 1. The predicted molar refractivity (Wildman–Crippen MR) is 102 cm³/mol. The summed E-state index contributed by atoms with van der Waals surface area (Å²) in [7, 11) is 3.60. The Morgan fingerprint density at radius 1 is 1.16 bits per heavy atom. The van der Waals surface area contributed by atoms with Crippen LogP contribution < -0.4 is 4.90 Å². The van der Waals surface area contributed by atoms with Crippen molar-refractivity contribution in [3.05, 3.63) is 69.3 Å². The Balaban J connectivity index is 2.36. The van der Waals surface area contributed by atoms with E-state index in [4.69, 9.17) is 23.2 Å². The number of carboxylic acid groups (broad SMARTS) is 1. The van der Waals surface area contributed by atoms with Gasteiger partial charge in [-0.2, -0.15) is 0 Å². The molecule has 3 aromatic rings. The summed E-state index contributed by atoms with van der Waals surface area (Å²) in [6, 6.07) is 12.8. The summed E-state index contributed by atoms with van der Waals surface area (Å²) in [6.07, 6.45) is 0.479. The van der Waals surface area contributed by atoms with E-state index in [9.17, 15) is 9.90 Å². The molecule has 0 unspecified atom stereocenters. The second kappa shape index (κ2) is 6.90. The molecule has 0 aliphatic rings. The monoisotopic (exact) mass is 374 g/mol. The van der Waals surface area contributed by atoms with Gasteiger partial charge in [-0.1, -0.05) is 41.4 Å². The highest BCUT2D eigenvalue weighted by molar-refractivity contribution is 6.31. The van der Waals surface area contributed by atoms with Gasteiger partial charge in [0.1, 0.15) is 0 Å². The summed E-state index contributed by atoms with van der Waals surface area (Å²) in [5.41, 5.74) is 2.91. The Bertz CT molecular complexity index is 971. The van der Waals surface area contributed by atoms with Gasteiger partial charge in [0, 0.05) is 35.9 Å². The van der Waals surface area contributed by atoms with Crippen LogP contribution in [0.15, 0.2) is 42.5 Å². The number of carboxylic acids is 1. The first-order valence-corrected chi connectivity index (χ1v) is 8.40. The molecule has 25 heavy (non-hydrogen) atoms. The molecule has 0 fully saturated rings. The van der Waals surface area contributed by atoms with Gasteiger partial charge < -0.3 is 10.0 Å². The number of benzene rings is 2. The van der Waals surface area contributed by atoms with Crippen LogP contribution in [0.4, 0.5) is 5.69 Å². The Morgan fingerprint density at radius 2 is 1.88 bits per heavy atom. The molecule has 128 valence electrons. The predicted octanol–water partition coefficient (Wildman–Crippen LogP) is 4.90. The molecular formula is C19H16Cl2N2O2. The van der Waals surface area contributed by atoms with Gasteiger partial charge in [-0.15, -0.1) is 0 Å². The van der Waals surface area contributed by atoms with Gasteiger partial charge in [0.25, 0.3) is 0 Å². The fourth-order valence-corrected chi connectivity index (χ4v) is 3.31. The summed E-state index contributed by atoms with van der Waals surface area (Å²) in [5.74, 6) is -1.07. The quantitative estimate of drug-likeness (QED) is 0.705. The van der Waals surface area contributed by atoms with Crippen molar-refractivity contribution in [2.75, 3.05) is 19.0 Å². The number of anilines is 1. The van der Waals surface area contributed by atoms with Gasteiger partial charge >= 0.3 is 5.97 Å². The first-order chi connectivity index (χ1) is 11.9. The van der Waals surface area contributed by atoms with Crippen LogP contribution in [0.3, 0.4) is 0 Å². The largest absolute Gasteiger partial charge is 0.476 e. The van der Waals surface area contributed by atoms with Crippen LogP contribution >= 0.6 is 23.2 Å². The normalized spacial score (nSPS) is 10.9. The van der Waals surface area contributed by atoms with Crippen molar-refractivity contribution < 1.29 is 9.90 Å². The number of hydrogen-bond acceptors (Lipinski definition) is 3.